The summed E-state index contributed by atoms with van der Waals surface area (Å²) in [5.41, 5.74) is 14.9. The van der Waals surface area contributed by atoms with Crippen molar-refractivity contribution in [3.63, 3.8) is 0 Å². The van der Waals surface area contributed by atoms with Gasteiger partial charge in [-0.1, -0.05) is 182 Å². The first-order valence-corrected chi connectivity index (χ1v) is 19.4. The minimum absolute atomic E-state index is 0.725. The number of nitrogens with zero attached hydrogens (tertiary/aromatic N) is 2. The Kier molecular flexibility index (Phi) is 8.40. The second-order valence-electron chi connectivity index (χ2n) is 13.8. The predicted molar refractivity (Wildman–Crippen MR) is 233 cm³/mol. The Hall–Kier alpha value is -6.94. The van der Waals surface area contributed by atoms with Gasteiger partial charge in [0.25, 0.3) is 0 Å². The van der Waals surface area contributed by atoms with E-state index in [0.717, 1.165) is 44.0 Å². The second kappa shape index (κ2) is 14.1. The van der Waals surface area contributed by atoms with Crippen molar-refractivity contribution in [2.45, 2.75) is 0 Å². The van der Waals surface area contributed by atoms with E-state index in [1.165, 1.54) is 54.6 Å². The van der Waals surface area contributed by atoms with Gasteiger partial charge in [-0.05, 0) is 79.9 Å². The maximum Gasteiger partial charge on any atom is 0.161 e. The molecule has 0 aliphatic carbocycles. The molecule has 2 heterocycles. The maximum absolute atomic E-state index is 5.35. The molecule has 0 saturated carbocycles. The Morgan fingerprint density at radius 3 is 1.24 bits per heavy atom. The van der Waals surface area contributed by atoms with E-state index in [4.69, 9.17) is 9.97 Å². The zero-order valence-electron chi connectivity index (χ0n) is 29.9. The molecule has 258 valence electrons. The number of hydrogen-bond acceptors (Lipinski definition) is 3. The summed E-state index contributed by atoms with van der Waals surface area (Å²) in [6, 6.07) is 73.4. The Morgan fingerprint density at radius 1 is 0.291 bits per heavy atom. The summed E-state index contributed by atoms with van der Waals surface area (Å²) < 4.78 is 1.21. The van der Waals surface area contributed by atoms with E-state index in [-0.39, 0.29) is 0 Å². The van der Waals surface area contributed by atoms with Crippen LogP contribution in [0.25, 0.3) is 98.6 Å². The van der Waals surface area contributed by atoms with E-state index in [2.05, 4.69) is 206 Å². The normalized spacial score (nSPS) is 11.3. The molecule has 0 aliphatic rings. The van der Waals surface area contributed by atoms with Gasteiger partial charge in [0.15, 0.2) is 5.82 Å². The Balaban J connectivity index is 1.01. The van der Waals surface area contributed by atoms with Crippen LogP contribution in [0.4, 0.5) is 0 Å². The lowest BCUT2D eigenvalue weighted by Gasteiger charge is -2.11. The monoisotopic (exact) mass is 718 g/mol. The van der Waals surface area contributed by atoms with Crippen molar-refractivity contribution in [1.82, 2.24) is 9.97 Å². The topological polar surface area (TPSA) is 25.8 Å². The van der Waals surface area contributed by atoms with Crippen molar-refractivity contribution in [3.8, 4) is 78.3 Å². The van der Waals surface area contributed by atoms with E-state index in [1.54, 1.807) is 11.3 Å². The van der Waals surface area contributed by atoms with Crippen LogP contribution in [0.5, 0.6) is 0 Å². The van der Waals surface area contributed by atoms with Crippen LogP contribution in [-0.2, 0) is 0 Å². The lowest BCUT2D eigenvalue weighted by molar-refractivity contribution is 1.24. The summed E-state index contributed by atoms with van der Waals surface area (Å²) in [5.74, 6) is 0.725. The van der Waals surface area contributed by atoms with Gasteiger partial charge in [0, 0.05) is 26.6 Å². The fourth-order valence-electron chi connectivity index (χ4n) is 7.49. The van der Waals surface area contributed by atoms with Gasteiger partial charge in [0.05, 0.1) is 5.69 Å². The third-order valence-corrected chi connectivity index (χ3v) is 11.4. The van der Waals surface area contributed by atoms with Crippen LogP contribution in [0.1, 0.15) is 0 Å². The molecule has 2 nitrogen and oxygen atoms in total. The number of benzene rings is 8. The fourth-order valence-corrected chi connectivity index (χ4v) is 8.57. The molecule has 0 saturated heterocycles. The lowest BCUT2D eigenvalue weighted by atomic mass is 9.96. The summed E-state index contributed by atoms with van der Waals surface area (Å²) in [5, 5.41) is 2.29. The van der Waals surface area contributed by atoms with Gasteiger partial charge in [-0.25, -0.2) is 9.97 Å². The molecule has 0 radical (unpaired) electrons. The van der Waals surface area contributed by atoms with Crippen molar-refractivity contribution < 1.29 is 0 Å². The van der Waals surface area contributed by atoms with Crippen LogP contribution in [0.3, 0.4) is 0 Å². The third kappa shape index (κ3) is 6.41. The van der Waals surface area contributed by atoms with Gasteiger partial charge in [-0.3, -0.25) is 0 Å². The zero-order valence-corrected chi connectivity index (χ0v) is 30.7. The minimum atomic E-state index is 0.725. The molecular weight excluding hydrogens is 685 g/mol. The molecule has 0 N–H and O–H groups in total. The molecule has 0 unspecified atom stereocenters. The average Bonchev–Trinajstić information content (AvgIpc) is 3.66. The number of thiophene rings is 1. The van der Waals surface area contributed by atoms with Gasteiger partial charge in [-0.15, -0.1) is 11.3 Å². The quantitative estimate of drug-likeness (QED) is 0.164. The minimum Gasteiger partial charge on any atom is -0.227 e. The van der Waals surface area contributed by atoms with Gasteiger partial charge >= 0.3 is 0 Å². The summed E-state index contributed by atoms with van der Waals surface area (Å²) in [7, 11) is 0. The van der Waals surface area contributed by atoms with Crippen LogP contribution in [-0.4, -0.2) is 9.97 Å². The molecule has 0 spiro atoms. The molecular formula is C52H34N2S. The molecule has 2 aromatic heterocycles. The van der Waals surface area contributed by atoms with E-state index in [0.29, 0.717) is 0 Å². The van der Waals surface area contributed by atoms with Crippen LogP contribution < -0.4 is 0 Å². The summed E-state index contributed by atoms with van der Waals surface area (Å²) >= 11 is 1.73. The highest BCUT2D eigenvalue weighted by molar-refractivity contribution is 7.25. The largest absolute Gasteiger partial charge is 0.227 e. The standard InChI is InChI=1S/C52H34N2S/c1-3-12-35(13-4-1)37-24-26-38(27-25-37)43-18-10-19-44(33-43)45-20-11-21-46(34-45)51-53-50(49-47-22-7-8-23-48(47)55-52(49)54-51)40-30-28-39(29-31-40)42-17-9-16-41(32-42)36-14-5-2-6-15-36/h1-34H. The van der Waals surface area contributed by atoms with Crippen molar-refractivity contribution in [3.05, 3.63) is 206 Å². The van der Waals surface area contributed by atoms with Crippen LogP contribution in [0.2, 0.25) is 0 Å². The first-order chi connectivity index (χ1) is 27.2. The zero-order chi connectivity index (χ0) is 36.6. The number of hydrogen-bond donors (Lipinski definition) is 0. The van der Waals surface area contributed by atoms with Crippen LogP contribution >= 0.6 is 11.3 Å². The molecule has 0 fully saturated rings. The van der Waals surface area contributed by atoms with Crippen molar-refractivity contribution in [2.75, 3.05) is 0 Å². The Labute approximate surface area is 324 Å². The van der Waals surface area contributed by atoms with Crippen molar-refractivity contribution in [1.29, 1.82) is 0 Å². The van der Waals surface area contributed by atoms with E-state index in [9.17, 15) is 0 Å². The highest BCUT2D eigenvalue weighted by atomic mass is 32.1. The lowest BCUT2D eigenvalue weighted by Crippen LogP contribution is -1.94. The number of aromatic nitrogens is 2. The highest BCUT2D eigenvalue weighted by Crippen LogP contribution is 2.40. The first-order valence-electron chi connectivity index (χ1n) is 18.6. The predicted octanol–water partition coefficient (Wildman–Crippen LogP) is 14.5. The second-order valence-corrected chi connectivity index (χ2v) is 14.8. The third-order valence-electron chi connectivity index (χ3n) is 10.3. The number of fused-ring (bicyclic) bond motifs is 3. The molecule has 0 bridgehead atoms. The van der Waals surface area contributed by atoms with Crippen LogP contribution in [0, 0.1) is 0 Å². The van der Waals surface area contributed by atoms with Gasteiger partial charge in [0.2, 0.25) is 0 Å². The van der Waals surface area contributed by atoms with Crippen LogP contribution in [0.15, 0.2) is 206 Å². The summed E-state index contributed by atoms with van der Waals surface area (Å²) in [6.45, 7) is 0. The molecule has 0 amide bonds. The molecule has 10 aromatic rings. The average molecular weight is 719 g/mol. The molecule has 0 aliphatic heterocycles. The molecule has 10 rings (SSSR count). The summed E-state index contributed by atoms with van der Waals surface area (Å²) in [4.78, 5) is 11.6. The fraction of sp³-hybridized carbons (Fsp3) is 0. The molecule has 0 atom stereocenters. The first kappa shape index (κ1) is 32.7. The molecule has 3 heteroatoms. The van der Waals surface area contributed by atoms with E-state index >= 15 is 0 Å². The Bertz CT molecular complexity index is 2950. The van der Waals surface area contributed by atoms with Crippen molar-refractivity contribution >= 4 is 31.6 Å². The van der Waals surface area contributed by atoms with E-state index < -0.39 is 0 Å². The SMILES string of the molecule is c1ccc(-c2ccc(-c3cccc(-c4cccc(-c5nc(-c6ccc(-c7cccc(-c8ccccc8)c7)cc6)c6c(n5)sc5ccccc56)c4)c3)cc2)cc1. The Morgan fingerprint density at radius 2 is 0.673 bits per heavy atom. The van der Waals surface area contributed by atoms with Gasteiger partial charge < -0.3 is 0 Å². The van der Waals surface area contributed by atoms with Crippen molar-refractivity contribution in [2.24, 2.45) is 0 Å². The van der Waals surface area contributed by atoms with Gasteiger partial charge in [-0.2, -0.15) is 0 Å². The van der Waals surface area contributed by atoms with E-state index in [1.807, 2.05) is 0 Å². The maximum atomic E-state index is 5.35. The van der Waals surface area contributed by atoms with Gasteiger partial charge in [0.1, 0.15) is 4.83 Å². The highest BCUT2D eigenvalue weighted by Gasteiger charge is 2.17. The molecule has 55 heavy (non-hydrogen) atoms. The molecule has 8 aromatic carbocycles. The summed E-state index contributed by atoms with van der Waals surface area (Å²) in [6.07, 6.45) is 0. The smallest absolute Gasteiger partial charge is 0.161 e. The number of rotatable bonds is 7.